The molecule has 4 aromatic rings. The summed E-state index contributed by atoms with van der Waals surface area (Å²) in [7, 11) is 1.86. The lowest BCUT2D eigenvalue weighted by Gasteiger charge is -2.23. The van der Waals surface area contributed by atoms with Gasteiger partial charge in [0.15, 0.2) is 11.5 Å². The van der Waals surface area contributed by atoms with Gasteiger partial charge in [-0.15, -0.1) is 0 Å². The summed E-state index contributed by atoms with van der Waals surface area (Å²) in [6.07, 6.45) is 5.79. The topological polar surface area (TPSA) is 98.7 Å². The highest BCUT2D eigenvalue weighted by molar-refractivity contribution is 6.03. The molecule has 1 aliphatic heterocycles. The number of pyridine rings is 1. The molecule has 0 spiro atoms. The lowest BCUT2D eigenvalue weighted by molar-refractivity contribution is 0.102. The molecule has 9 heteroatoms. The summed E-state index contributed by atoms with van der Waals surface area (Å²) >= 11 is 0. The van der Waals surface area contributed by atoms with E-state index in [1.165, 1.54) is 5.56 Å². The van der Waals surface area contributed by atoms with Gasteiger partial charge in [0.1, 0.15) is 18.2 Å². The lowest BCUT2D eigenvalue weighted by Crippen LogP contribution is -2.26. The Bertz CT molecular complexity index is 1400. The zero-order chi connectivity index (χ0) is 27.0. The van der Waals surface area contributed by atoms with Gasteiger partial charge >= 0.3 is 0 Å². The zero-order valence-corrected chi connectivity index (χ0v) is 22.4. The maximum atomic E-state index is 12.9. The van der Waals surface area contributed by atoms with Crippen LogP contribution in [0, 0.1) is 0 Å². The van der Waals surface area contributed by atoms with E-state index in [4.69, 9.17) is 14.2 Å². The quantitative estimate of drug-likeness (QED) is 0.232. The number of hydrogen-bond acceptors (Lipinski definition) is 7. The second kappa shape index (κ2) is 12.6. The maximum Gasteiger partial charge on any atom is 0.256 e. The number of aromatic nitrogens is 2. The van der Waals surface area contributed by atoms with Crippen LogP contribution in [0.4, 0.5) is 5.82 Å². The number of carbonyl (C=O) groups is 1. The molecule has 3 heterocycles. The molecule has 39 heavy (non-hydrogen) atoms. The van der Waals surface area contributed by atoms with Crippen LogP contribution in [0.5, 0.6) is 17.2 Å². The van der Waals surface area contributed by atoms with Crippen molar-refractivity contribution in [3.05, 3.63) is 78.1 Å². The van der Waals surface area contributed by atoms with E-state index in [9.17, 15) is 4.79 Å². The Morgan fingerprint density at radius 1 is 1.05 bits per heavy atom. The van der Waals surface area contributed by atoms with Crippen LogP contribution in [-0.4, -0.2) is 55.5 Å². The molecule has 1 saturated heterocycles. The first kappa shape index (κ1) is 26.5. The summed E-state index contributed by atoms with van der Waals surface area (Å²) in [4.78, 5) is 17.2. The average molecular weight is 530 g/mol. The molecule has 0 bridgehead atoms. The first-order valence-corrected chi connectivity index (χ1v) is 13.4. The van der Waals surface area contributed by atoms with Gasteiger partial charge in [0.05, 0.1) is 12.1 Å². The predicted octanol–water partition coefficient (Wildman–Crippen LogP) is 5.14. The molecule has 0 aliphatic carbocycles. The number of amides is 1. The third kappa shape index (κ3) is 6.50. The Hall–Kier alpha value is -4.08. The Morgan fingerprint density at radius 2 is 1.87 bits per heavy atom. The van der Waals surface area contributed by atoms with Crippen molar-refractivity contribution < 1.29 is 19.0 Å². The van der Waals surface area contributed by atoms with Crippen LogP contribution < -0.4 is 25.5 Å². The van der Waals surface area contributed by atoms with Gasteiger partial charge in [0.2, 0.25) is 0 Å². The van der Waals surface area contributed by atoms with Crippen LogP contribution in [0.1, 0.15) is 41.6 Å². The first-order valence-electron chi connectivity index (χ1n) is 13.4. The van der Waals surface area contributed by atoms with Gasteiger partial charge in [0.25, 0.3) is 5.91 Å². The fourth-order valence-corrected chi connectivity index (χ4v) is 4.81. The number of piperidine rings is 1. The van der Waals surface area contributed by atoms with E-state index in [-0.39, 0.29) is 5.91 Å². The molecule has 1 amide bonds. The third-order valence-corrected chi connectivity index (χ3v) is 6.87. The number of rotatable bonds is 11. The van der Waals surface area contributed by atoms with Gasteiger partial charge < -0.3 is 30.3 Å². The zero-order valence-electron chi connectivity index (χ0n) is 22.4. The summed E-state index contributed by atoms with van der Waals surface area (Å²) in [6, 6.07) is 17.2. The minimum absolute atomic E-state index is 0.216. The predicted molar refractivity (Wildman–Crippen MR) is 153 cm³/mol. The van der Waals surface area contributed by atoms with Crippen molar-refractivity contribution in [3.8, 4) is 17.2 Å². The number of nitrogens with zero attached hydrogens (tertiary/aromatic N) is 2. The highest BCUT2D eigenvalue weighted by atomic mass is 16.5. The Labute approximate surface area is 228 Å². The smallest absolute Gasteiger partial charge is 0.256 e. The SMILES string of the molecule is CCOCCOc1cc2c(ccn2NC)cc1Oc1ccnc(NC(=O)c2ccc(C3CCNCC3)cc2)c1. The number of benzene rings is 2. The number of hydrogen-bond donors (Lipinski definition) is 3. The molecule has 9 nitrogen and oxygen atoms in total. The van der Waals surface area contributed by atoms with Gasteiger partial charge in [-0.2, -0.15) is 0 Å². The summed E-state index contributed by atoms with van der Waals surface area (Å²) in [6.45, 7) is 5.52. The van der Waals surface area contributed by atoms with Gasteiger partial charge in [-0.05, 0) is 74.7 Å². The van der Waals surface area contributed by atoms with Crippen molar-refractivity contribution in [2.75, 3.05) is 50.7 Å². The third-order valence-electron chi connectivity index (χ3n) is 6.87. The summed E-state index contributed by atoms with van der Waals surface area (Å²) in [5, 5.41) is 7.27. The number of ether oxygens (including phenoxy) is 3. The first-order chi connectivity index (χ1) is 19.1. The molecule has 0 radical (unpaired) electrons. The molecule has 204 valence electrons. The van der Waals surface area contributed by atoms with E-state index in [0.717, 1.165) is 36.8 Å². The molecule has 1 fully saturated rings. The van der Waals surface area contributed by atoms with E-state index in [2.05, 4.69) is 33.2 Å². The Morgan fingerprint density at radius 3 is 2.64 bits per heavy atom. The molecule has 0 atom stereocenters. The van der Waals surface area contributed by atoms with E-state index >= 15 is 0 Å². The monoisotopic (exact) mass is 529 g/mol. The average Bonchev–Trinajstić information content (AvgIpc) is 3.37. The van der Waals surface area contributed by atoms with Gasteiger partial charge in [-0.3, -0.25) is 9.47 Å². The largest absolute Gasteiger partial charge is 0.487 e. The molecule has 5 rings (SSSR count). The molecule has 0 unspecified atom stereocenters. The van der Waals surface area contributed by atoms with Crippen LogP contribution in [0.2, 0.25) is 0 Å². The van der Waals surface area contributed by atoms with Crippen molar-refractivity contribution >= 4 is 22.6 Å². The van der Waals surface area contributed by atoms with Gasteiger partial charge in [0, 0.05) is 49.1 Å². The molecule has 1 aliphatic rings. The van der Waals surface area contributed by atoms with Crippen LogP contribution in [0.15, 0.2) is 67.0 Å². The molecule has 2 aromatic carbocycles. The highest BCUT2D eigenvalue weighted by Gasteiger charge is 2.16. The van der Waals surface area contributed by atoms with Crippen molar-refractivity contribution in [3.63, 3.8) is 0 Å². The van der Waals surface area contributed by atoms with E-state index in [1.54, 1.807) is 18.3 Å². The van der Waals surface area contributed by atoms with Crippen LogP contribution in [0.25, 0.3) is 10.9 Å². The van der Waals surface area contributed by atoms with Crippen molar-refractivity contribution in [2.24, 2.45) is 0 Å². The Balaban J connectivity index is 1.30. The minimum Gasteiger partial charge on any atom is -0.487 e. The summed E-state index contributed by atoms with van der Waals surface area (Å²) < 4.78 is 19.6. The number of anilines is 1. The van der Waals surface area contributed by atoms with Gasteiger partial charge in [-0.1, -0.05) is 12.1 Å². The van der Waals surface area contributed by atoms with Crippen LogP contribution in [-0.2, 0) is 4.74 Å². The molecule has 2 aromatic heterocycles. The molecular weight excluding hydrogens is 494 g/mol. The van der Waals surface area contributed by atoms with Crippen LogP contribution in [0.3, 0.4) is 0 Å². The van der Waals surface area contributed by atoms with E-state index in [1.807, 2.05) is 55.2 Å². The number of nitrogens with one attached hydrogen (secondary N) is 3. The molecular formula is C30H35N5O4. The van der Waals surface area contributed by atoms with Crippen molar-refractivity contribution in [1.82, 2.24) is 15.0 Å². The summed E-state index contributed by atoms with van der Waals surface area (Å²) in [5.74, 6) is 2.41. The number of carbonyl (C=O) groups excluding carboxylic acids is 1. The molecule has 3 N–H and O–H groups in total. The lowest BCUT2D eigenvalue weighted by atomic mass is 9.90. The van der Waals surface area contributed by atoms with E-state index < -0.39 is 0 Å². The Kier molecular flexibility index (Phi) is 8.60. The second-order valence-electron chi connectivity index (χ2n) is 9.39. The van der Waals surface area contributed by atoms with Gasteiger partial charge in [-0.25, -0.2) is 4.98 Å². The fourth-order valence-electron chi connectivity index (χ4n) is 4.81. The van der Waals surface area contributed by atoms with Crippen LogP contribution >= 0.6 is 0 Å². The fraction of sp³-hybridized carbons (Fsp3) is 0.333. The maximum absolute atomic E-state index is 12.9. The second-order valence-corrected chi connectivity index (χ2v) is 9.39. The highest BCUT2D eigenvalue weighted by Crippen LogP contribution is 2.36. The minimum atomic E-state index is -0.216. The van der Waals surface area contributed by atoms with Crippen molar-refractivity contribution in [2.45, 2.75) is 25.7 Å². The normalized spacial score (nSPS) is 13.8. The number of fused-ring (bicyclic) bond motifs is 1. The van der Waals surface area contributed by atoms with E-state index in [0.29, 0.717) is 54.4 Å². The standard InChI is InChI=1S/C30H35N5O4/c1-3-37-16-17-38-27-20-26-24(11-15-35(26)31-2)18-28(27)39-25-10-14-33-29(19-25)34-30(36)23-6-4-21(5-7-23)22-8-12-32-13-9-22/h4-7,10-11,14-15,18-20,22,31-32H,3,8-9,12-13,16-17H2,1-2H3,(H,33,34,36). The molecule has 0 saturated carbocycles. The van der Waals surface area contributed by atoms with Crippen molar-refractivity contribution in [1.29, 1.82) is 0 Å². The summed E-state index contributed by atoms with van der Waals surface area (Å²) in [5.41, 5.74) is 5.96.